The van der Waals surface area contributed by atoms with E-state index in [1.807, 2.05) is 12.2 Å². The van der Waals surface area contributed by atoms with Crippen LogP contribution in [-0.2, 0) is 0 Å². The lowest BCUT2D eigenvalue weighted by Crippen LogP contribution is -2.31. The minimum atomic E-state index is -1.56. The Morgan fingerprint density at radius 3 is 2.09 bits per heavy atom. The van der Waals surface area contributed by atoms with Crippen LogP contribution in [0.1, 0.15) is 38.5 Å². The predicted octanol–water partition coefficient (Wildman–Crippen LogP) is 2.84. The molecule has 23 heavy (non-hydrogen) atoms. The largest absolute Gasteiger partial charge is 0.494 e. The highest BCUT2D eigenvalue weighted by Crippen LogP contribution is 2.19. The zero-order chi connectivity index (χ0) is 16.9. The van der Waals surface area contributed by atoms with Crippen LogP contribution in [0.2, 0.25) is 0 Å². The van der Waals surface area contributed by atoms with E-state index in [0.29, 0.717) is 30.2 Å². The van der Waals surface area contributed by atoms with Crippen molar-refractivity contribution in [2.75, 3.05) is 13.2 Å². The molecule has 1 aromatic carbocycles. The van der Waals surface area contributed by atoms with Gasteiger partial charge in [-0.2, -0.15) is 0 Å². The summed E-state index contributed by atoms with van der Waals surface area (Å²) in [6.45, 7) is 8.52. The van der Waals surface area contributed by atoms with E-state index < -0.39 is 7.12 Å². The van der Waals surface area contributed by atoms with Gasteiger partial charge in [-0.3, -0.25) is 0 Å². The van der Waals surface area contributed by atoms with Crippen LogP contribution in [0.25, 0.3) is 0 Å². The normalized spacial score (nSPS) is 10.2. The number of hydrogen-bond acceptors (Lipinski definition) is 4. The first-order valence-electron chi connectivity index (χ1n) is 8.16. The van der Waals surface area contributed by atoms with Gasteiger partial charge in [0.1, 0.15) is 11.5 Å². The van der Waals surface area contributed by atoms with Gasteiger partial charge in [-0.05, 0) is 44.6 Å². The van der Waals surface area contributed by atoms with Crippen molar-refractivity contribution in [3.05, 3.63) is 43.5 Å². The summed E-state index contributed by atoms with van der Waals surface area (Å²) in [7, 11) is -1.56. The Bertz CT molecular complexity index is 474. The van der Waals surface area contributed by atoms with E-state index in [4.69, 9.17) is 9.47 Å². The van der Waals surface area contributed by atoms with Crippen LogP contribution in [0.3, 0.4) is 0 Å². The van der Waals surface area contributed by atoms with Crippen LogP contribution < -0.4 is 14.9 Å². The Hall–Kier alpha value is -1.72. The summed E-state index contributed by atoms with van der Waals surface area (Å²) < 4.78 is 11.4. The molecule has 2 N–H and O–H groups in total. The smallest absolute Gasteiger partial charge is 0.492 e. The van der Waals surface area contributed by atoms with Crippen molar-refractivity contribution >= 4 is 12.6 Å². The fourth-order valence-electron chi connectivity index (χ4n) is 2.10. The van der Waals surface area contributed by atoms with Gasteiger partial charge in [-0.25, -0.2) is 0 Å². The Kier molecular flexibility index (Phi) is 9.92. The molecule has 126 valence electrons. The molecule has 0 radical (unpaired) electrons. The van der Waals surface area contributed by atoms with Gasteiger partial charge in [0.25, 0.3) is 0 Å². The Balaban J connectivity index is 2.55. The molecular formula is C18H27BO4. The van der Waals surface area contributed by atoms with Crippen molar-refractivity contribution in [2.24, 2.45) is 0 Å². The average Bonchev–Trinajstić information content (AvgIpc) is 2.54. The maximum absolute atomic E-state index is 9.42. The number of hydrogen-bond donors (Lipinski definition) is 2. The molecule has 0 amide bonds. The van der Waals surface area contributed by atoms with Gasteiger partial charge >= 0.3 is 7.12 Å². The molecule has 0 unspecified atom stereocenters. The molecule has 0 aromatic heterocycles. The summed E-state index contributed by atoms with van der Waals surface area (Å²) in [4.78, 5) is 0. The maximum atomic E-state index is 9.42. The SMILES string of the molecule is C=CCCCCOc1ccc(B(O)O)c(OCCCCC=C)c1. The van der Waals surface area contributed by atoms with Crippen LogP contribution >= 0.6 is 0 Å². The quantitative estimate of drug-likeness (QED) is 0.334. The number of unbranched alkanes of at least 4 members (excludes halogenated alkanes) is 4. The van der Waals surface area contributed by atoms with Gasteiger partial charge in [-0.1, -0.05) is 18.2 Å². The lowest BCUT2D eigenvalue weighted by molar-refractivity contribution is 0.293. The van der Waals surface area contributed by atoms with E-state index in [1.165, 1.54) is 0 Å². The molecule has 0 aliphatic rings. The van der Waals surface area contributed by atoms with E-state index in [-0.39, 0.29) is 0 Å². The van der Waals surface area contributed by atoms with Crippen LogP contribution in [0.4, 0.5) is 0 Å². The third-order valence-corrected chi connectivity index (χ3v) is 3.39. The highest BCUT2D eigenvalue weighted by molar-refractivity contribution is 6.59. The predicted molar refractivity (Wildman–Crippen MR) is 95.4 cm³/mol. The van der Waals surface area contributed by atoms with Crippen molar-refractivity contribution in [2.45, 2.75) is 38.5 Å². The van der Waals surface area contributed by atoms with Gasteiger partial charge in [0.15, 0.2) is 0 Å². The fourth-order valence-corrected chi connectivity index (χ4v) is 2.10. The second-order valence-electron chi connectivity index (χ2n) is 5.34. The molecule has 1 rings (SSSR count). The fraction of sp³-hybridized carbons (Fsp3) is 0.444. The molecule has 0 aliphatic heterocycles. The molecule has 0 fully saturated rings. The highest BCUT2D eigenvalue weighted by atomic mass is 16.5. The highest BCUT2D eigenvalue weighted by Gasteiger charge is 2.18. The molecular weight excluding hydrogens is 291 g/mol. The lowest BCUT2D eigenvalue weighted by atomic mass is 9.79. The van der Waals surface area contributed by atoms with Gasteiger partial charge in [-0.15, -0.1) is 13.2 Å². The van der Waals surface area contributed by atoms with Crippen molar-refractivity contribution in [1.29, 1.82) is 0 Å². The van der Waals surface area contributed by atoms with Crippen LogP contribution in [-0.4, -0.2) is 30.4 Å². The summed E-state index contributed by atoms with van der Waals surface area (Å²) >= 11 is 0. The van der Waals surface area contributed by atoms with E-state index >= 15 is 0 Å². The zero-order valence-electron chi connectivity index (χ0n) is 13.7. The lowest BCUT2D eigenvalue weighted by Gasteiger charge is -2.13. The van der Waals surface area contributed by atoms with Crippen LogP contribution in [0.5, 0.6) is 11.5 Å². The second-order valence-corrected chi connectivity index (χ2v) is 5.34. The van der Waals surface area contributed by atoms with E-state index in [1.54, 1.807) is 18.2 Å². The second kappa shape index (κ2) is 11.8. The van der Waals surface area contributed by atoms with E-state index in [2.05, 4.69) is 13.2 Å². The molecule has 0 saturated carbocycles. The van der Waals surface area contributed by atoms with Crippen LogP contribution in [0, 0.1) is 0 Å². The first-order valence-corrected chi connectivity index (χ1v) is 8.16. The summed E-state index contributed by atoms with van der Waals surface area (Å²) in [5.41, 5.74) is 0.354. The summed E-state index contributed by atoms with van der Waals surface area (Å²) in [6, 6.07) is 5.07. The Morgan fingerprint density at radius 1 is 0.913 bits per heavy atom. The summed E-state index contributed by atoms with van der Waals surface area (Å²) in [5.74, 6) is 1.14. The topological polar surface area (TPSA) is 58.9 Å². The Labute approximate surface area is 139 Å². The molecule has 0 spiro atoms. The van der Waals surface area contributed by atoms with Gasteiger partial charge in [0, 0.05) is 11.5 Å². The monoisotopic (exact) mass is 318 g/mol. The molecule has 5 heteroatoms. The van der Waals surface area contributed by atoms with Gasteiger partial charge in [0.2, 0.25) is 0 Å². The average molecular weight is 318 g/mol. The van der Waals surface area contributed by atoms with E-state index in [9.17, 15) is 10.0 Å². The molecule has 4 nitrogen and oxygen atoms in total. The van der Waals surface area contributed by atoms with Gasteiger partial charge < -0.3 is 19.5 Å². The first-order chi connectivity index (χ1) is 11.2. The van der Waals surface area contributed by atoms with Crippen molar-refractivity contribution in [1.82, 2.24) is 0 Å². The Morgan fingerprint density at radius 2 is 1.52 bits per heavy atom. The van der Waals surface area contributed by atoms with Gasteiger partial charge in [0.05, 0.1) is 13.2 Å². The zero-order valence-corrected chi connectivity index (χ0v) is 13.7. The van der Waals surface area contributed by atoms with Crippen LogP contribution in [0.15, 0.2) is 43.5 Å². The summed E-state index contributed by atoms with van der Waals surface area (Å²) in [5, 5.41) is 18.8. The molecule has 1 aromatic rings. The standard InChI is InChI=1S/C18H27BO4/c1-3-5-7-9-13-22-16-11-12-17(19(20)21)18(15-16)23-14-10-8-6-4-2/h3-4,11-12,15,20-21H,1-2,5-10,13-14H2. The molecule has 0 heterocycles. The van der Waals surface area contributed by atoms with Crippen molar-refractivity contribution in [3.8, 4) is 11.5 Å². The summed E-state index contributed by atoms with van der Waals surface area (Å²) in [6.07, 6.45) is 9.60. The molecule has 0 atom stereocenters. The van der Waals surface area contributed by atoms with Crippen molar-refractivity contribution in [3.63, 3.8) is 0 Å². The number of benzene rings is 1. The van der Waals surface area contributed by atoms with Crippen molar-refractivity contribution < 1.29 is 19.5 Å². The minimum absolute atomic E-state index is 0.354. The first kappa shape index (κ1) is 19.3. The third-order valence-electron chi connectivity index (χ3n) is 3.39. The molecule has 0 saturated heterocycles. The molecule has 0 aliphatic carbocycles. The van der Waals surface area contributed by atoms with E-state index in [0.717, 1.165) is 38.5 Å². The minimum Gasteiger partial charge on any atom is -0.494 e. The number of allylic oxidation sites excluding steroid dienone is 2. The number of ether oxygens (including phenoxy) is 2. The number of rotatable bonds is 13. The maximum Gasteiger partial charge on any atom is 0.492 e. The third kappa shape index (κ3) is 7.91. The molecule has 0 bridgehead atoms.